The van der Waals surface area contributed by atoms with Crippen molar-refractivity contribution in [3.63, 3.8) is 0 Å². The van der Waals surface area contributed by atoms with Crippen LogP contribution in [-0.4, -0.2) is 42.8 Å². The molecule has 102 valence electrons. The Morgan fingerprint density at radius 2 is 2.12 bits per heavy atom. The van der Waals surface area contributed by atoms with E-state index in [1.54, 1.807) is 0 Å². The van der Waals surface area contributed by atoms with Crippen molar-refractivity contribution in [3.05, 3.63) is 0 Å². The third-order valence-corrected chi connectivity index (χ3v) is 4.44. The van der Waals surface area contributed by atoms with Crippen LogP contribution in [0.25, 0.3) is 0 Å². The first-order valence-electron chi connectivity index (χ1n) is 7.09. The highest BCUT2D eigenvalue weighted by atomic mass is 16.5. The predicted molar refractivity (Wildman–Crippen MR) is 73.2 cm³/mol. The lowest BCUT2D eigenvalue weighted by atomic mass is 9.90. The Morgan fingerprint density at radius 3 is 2.59 bits per heavy atom. The Hall–Kier alpha value is -0.120. The second-order valence-electron chi connectivity index (χ2n) is 5.70. The highest BCUT2D eigenvalue weighted by molar-refractivity contribution is 4.93. The van der Waals surface area contributed by atoms with Crippen LogP contribution in [-0.2, 0) is 4.74 Å². The average Bonchev–Trinajstić information content (AvgIpc) is 2.74. The minimum absolute atomic E-state index is 0.127. The summed E-state index contributed by atoms with van der Waals surface area (Å²) in [5.41, 5.74) is 6.15. The molecule has 1 saturated heterocycles. The summed E-state index contributed by atoms with van der Waals surface area (Å²) in [4.78, 5) is 2.47. The molecule has 1 heterocycles. The molecule has 0 aliphatic carbocycles. The Balaban J connectivity index is 2.57. The molecule has 0 aromatic carbocycles. The first kappa shape index (κ1) is 14.9. The quantitative estimate of drug-likeness (QED) is 0.697. The van der Waals surface area contributed by atoms with Crippen LogP contribution in [0.3, 0.4) is 0 Å². The highest BCUT2D eigenvalue weighted by Gasteiger charge is 2.37. The smallest absolute Gasteiger partial charge is 0.0703 e. The predicted octanol–water partition coefficient (Wildman–Crippen LogP) is 2.39. The fourth-order valence-corrected chi connectivity index (χ4v) is 2.81. The number of hydrogen-bond acceptors (Lipinski definition) is 3. The van der Waals surface area contributed by atoms with Gasteiger partial charge in [-0.1, -0.05) is 26.2 Å². The van der Waals surface area contributed by atoms with E-state index < -0.39 is 0 Å². The van der Waals surface area contributed by atoms with Gasteiger partial charge >= 0.3 is 0 Å². The van der Waals surface area contributed by atoms with Gasteiger partial charge in [-0.3, -0.25) is 4.90 Å². The van der Waals surface area contributed by atoms with Gasteiger partial charge in [0.1, 0.15) is 0 Å². The van der Waals surface area contributed by atoms with E-state index >= 15 is 0 Å². The molecule has 0 amide bonds. The van der Waals surface area contributed by atoms with Crippen LogP contribution in [0, 0.1) is 0 Å². The summed E-state index contributed by atoms with van der Waals surface area (Å²) in [7, 11) is 2.22. The summed E-state index contributed by atoms with van der Waals surface area (Å²) in [6, 6.07) is 0.533. The molecule has 2 N–H and O–H groups in total. The zero-order valence-electron chi connectivity index (χ0n) is 12.0. The van der Waals surface area contributed by atoms with E-state index in [9.17, 15) is 0 Å². The van der Waals surface area contributed by atoms with Gasteiger partial charge in [-0.05, 0) is 33.7 Å². The zero-order valence-corrected chi connectivity index (χ0v) is 12.0. The van der Waals surface area contributed by atoms with Crippen LogP contribution in [0.5, 0.6) is 0 Å². The van der Waals surface area contributed by atoms with E-state index in [0.717, 1.165) is 19.6 Å². The molecule has 1 aliphatic rings. The fraction of sp³-hybridized carbons (Fsp3) is 1.00. The van der Waals surface area contributed by atoms with Gasteiger partial charge in [0.25, 0.3) is 0 Å². The molecule has 3 unspecified atom stereocenters. The first-order chi connectivity index (χ1) is 8.05. The fourth-order valence-electron chi connectivity index (χ4n) is 2.81. The SMILES string of the molecule is CCCCCC(C)(CN)N(C)C1CCOC1C. The number of ether oxygens (including phenoxy) is 1. The van der Waals surface area contributed by atoms with E-state index in [2.05, 4.69) is 32.7 Å². The summed E-state index contributed by atoms with van der Waals surface area (Å²) in [5.74, 6) is 0. The molecule has 0 radical (unpaired) electrons. The maximum Gasteiger partial charge on any atom is 0.0703 e. The normalized spacial score (nSPS) is 28.6. The van der Waals surface area contributed by atoms with Gasteiger partial charge in [0, 0.05) is 24.7 Å². The minimum Gasteiger partial charge on any atom is -0.377 e. The number of likely N-dealkylation sites (N-methyl/N-ethyl adjacent to an activating group) is 1. The number of rotatable bonds is 7. The molecule has 3 atom stereocenters. The molecule has 1 rings (SSSR count). The van der Waals surface area contributed by atoms with Gasteiger partial charge in [0.05, 0.1) is 6.10 Å². The third-order valence-electron chi connectivity index (χ3n) is 4.44. The molecule has 1 aliphatic heterocycles. The lowest BCUT2D eigenvalue weighted by Crippen LogP contribution is -2.55. The average molecular weight is 242 g/mol. The minimum atomic E-state index is 0.127. The summed E-state index contributed by atoms with van der Waals surface area (Å²) < 4.78 is 5.67. The van der Waals surface area contributed by atoms with E-state index in [0.29, 0.717) is 12.1 Å². The van der Waals surface area contributed by atoms with Gasteiger partial charge in [-0.15, -0.1) is 0 Å². The maximum absolute atomic E-state index is 6.02. The molecule has 3 heteroatoms. The van der Waals surface area contributed by atoms with Crippen molar-refractivity contribution >= 4 is 0 Å². The topological polar surface area (TPSA) is 38.5 Å². The summed E-state index contributed by atoms with van der Waals surface area (Å²) in [5, 5.41) is 0. The van der Waals surface area contributed by atoms with Crippen LogP contribution in [0.1, 0.15) is 52.9 Å². The first-order valence-corrected chi connectivity index (χ1v) is 7.09. The molecule has 17 heavy (non-hydrogen) atoms. The Labute approximate surface area is 107 Å². The third kappa shape index (κ3) is 3.67. The number of nitrogens with zero attached hydrogens (tertiary/aromatic N) is 1. The largest absolute Gasteiger partial charge is 0.377 e. The van der Waals surface area contributed by atoms with Gasteiger partial charge < -0.3 is 10.5 Å². The molecular formula is C14H30N2O. The molecule has 0 aromatic rings. The van der Waals surface area contributed by atoms with Crippen LogP contribution in [0.4, 0.5) is 0 Å². The van der Waals surface area contributed by atoms with Gasteiger partial charge in [-0.2, -0.15) is 0 Å². The van der Waals surface area contributed by atoms with Crippen LogP contribution >= 0.6 is 0 Å². The number of nitrogens with two attached hydrogens (primary N) is 1. The van der Waals surface area contributed by atoms with Gasteiger partial charge in [0.2, 0.25) is 0 Å². The number of unbranched alkanes of at least 4 members (excludes halogenated alkanes) is 2. The molecule has 0 aromatic heterocycles. The summed E-state index contributed by atoms with van der Waals surface area (Å²) >= 11 is 0. The van der Waals surface area contributed by atoms with Crippen molar-refractivity contribution in [2.45, 2.75) is 70.6 Å². The zero-order chi connectivity index (χ0) is 12.9. The van der Waals surface area contributed by atoms with Crippen LogP contribution in [0.2, 0.25) is 0 Å². The highest BCUT2D eigenvalue weighted by Crippen LogP contribution is 2.28. The van der Waals surface area contributed by atoms with E-state index in [1.807, 2.05) is 0 Å². The van der Waals surface area contributed by atoms with Crippen molar-refractivity contribution < 1.29 is 4.74 Å². The van der Waals surface area contributed by atoms with E-state index in [4.69, 9.17) is 10.5 Å². The molecule has 0 bridgehead atoms. The molecule has 1 fully saturated rings. The monoisotopic (exact) mass is 242 g/mol. The van der Waals surface area contributed by atoms with Crippen molar-refractivity contribution in [2.75, 3.05) is 20.2 Å². The summed E-state index contributed by atoms with van der Waals surface area (Å²) in [6.07, 6.45) is 6.53. The van der Waals surface area contributed by atoms with Gasteiger partial charge in [-0.25, -0.2) is 0 Å². The number of hydrogen-bond donors (Lipinski definition) is 1. The second kappa shape index (κ2) is 6.72. The van der Waals surface area contributed by atoms with Crippen LogP contribution in [0.15, 0.2) is 0 Å². The molecule has 0 saturated carbocycles. The van der Waals surface area contributed by atoms with E-state index in [-0.39, 0.29) is 5.54 Å². The van der Waals surface area contributed by atoms with E-state index in [1.165, 1.54) is 25.7 Å². The lowest BCUT2D eigenvalue weighted by molar-refractivity contribution is 0.0312. The Kier molecular flexibility index (Phi) is 5.90. The van der Waals surface area contributed by atoms with Crippen molar-refractivity contribution in [3.8, 4) is 0 Å². The van der Waals surface area contributed by atoms with Crippen molar-refractivity contribution in [1.82, 2.24) is 4.90 Å². The molecular weight excluding hydrogens is 212 g/mol. The Bertz CT molecular complexity index is 222. The molecule has 3 nitrogen and oxygen atoms in total. The Morgan fingerprint density at radius 1 is 1.41 bits per heavy atom. The second-order valence-corrected chi connectivity index (χ2v) is 5.70. The maximum atomic E-state index is 6.02. The molecule has 0 spiro atoms. The van der Waals surface area contributed by atoms with Gasteiger partial charge in [0.15, 0.2) is 0 Å². The lowest BCUT2D eigenvalue weighted by Gasteiger charge is -2.43. The standard InChI is InChI=1S/C14H30N2O/c1-5-6-7-9-14(3,11-15)16(4)13-8-10-17-12(13)2/h12-13H,5-11,15H2,1-4H3. The van der Waals surface area contributed by atoms with Crippen LogP contribution < -0.4 is 5.73 Å². The summed E-state index contributed by atoms with van der Waals surface area (Å²) in [6.45, 7) is 8.35. The van der Waals surface area contributed by atoms with Crippen molar-refractivity contribution in [2.24, 2.45) is 5.73 Å². The van der Waals surface area contributed by atoms with Crippen molar-refractivity contribution in [1.29, 1.82) is 0 Å².